The van der Waals surface area contributed by atoms with Crippen LogP contribution in [-0.2, 0) is 23.7 Å². The maximum atomic E-state index is 10.8. The van der Waals surface area contributed by atoms with E-state index < -0.39 is 41.1 Å². The first-order valence-electron chi connectivity index (χ1n) is 8.88. The second kappa shape index (κ2) is 6.39. The molecular weight excluding hydrogens is 358 g/mol. The van der Waals surface area contributed by atoms with Crippen LogP contribution in [0, 0.1) is 10.1 Å². The smallest absolute Gasteiger partial charge is 0.269 e. The Hall–Kier alpha value is -1.78. The van der Waals surface area contributed by atoms with E-state index in [4.69, 9.17) is 28.4 Å². The van der Waals surface area contributed by atoms with E-state index in [1.54, 1.807) is 12.1 Å². The highest BCUT2D eigenvalue weighted by Gasteiger charge is 2.59. The molecule has 3 heterocycles. The number of nitrogens with zero attached hydrogens (tertiary/aromatic N) is 1. The molecule has 0 amide bonds. The van der Waals surface area contributed by atoms with Crippen LogP contribution in [0.4, 0.5) is 5.69 Å². The molecule has 148 valence electrons. The third-order valence-electron chi connectivity index (χ3n) is 4.74. The SMILES string of the molecule is CC1(C)OC[C@H]([C@H]2OC3OC(C)(C)O[C@@H]3[C@H]2Oc2ccc([N+](=O)[O-])cc2)O1. The fraction of sp³-hybridized carbons (Fsp3) is 0.667. The van der Waals surface area contributed by atoms with Crippen LogP contribution in [0.2, 0.25) is 0 Å². The zero-order chi connectivity index (χ0) is 19.4. The summed E-state index contributed by atoms with van der Waals surface area (Å²) < 4.78 is 35.6. The molecule has 3 aliphatic heterocycles. The Morgan fingerprint density at radius 3 is 2.33 bits per heavy atom. The van der Waals surface area contributed by atoms with E-state index in [-0.39, 0.29) is 11.8 Å². The van der Waals surface area contributed by atoms with Crippen LogP contribution in [0.5, 0.6) is 5.75 Å². The van der Waals surface area contributed by atoms with Crippen LogP contribution >= 0.6 is 0 Å². The fourth-order valence-corrected chi connectivity index (χ4v) is 3.62. The number of non-ortho nitro benzene ring substituents is 1. The lowest BCUT2D eigenvalue weighted by molar-refractivity contribution is -0.384. The molecule has 27 heavy (non-hydrogen) atoms. The van der Waals surface area contributed by atoms with E-state index >= 15 is 0 Å². The van der Waals surface area contributed by atoms with E-state index in [2.05, 4.69) is 0 Å². The Labute approximate surface area is 156 Å². The maximum absolute atomic E-state index is 10.8. The predicted molar refractivity (Wildman–Crippen MR) is 91.1 cm³/mol. The number of hydrogen-bond acceptors (Lipinski definition) is 8. The van der Waals surface area contributed by atoms with Crippen LogP contribution in [-0.4, -0.2) is 53.8 Å². The number of ether oxygens (including phenoxy) is 6. The Morgan fingerprint density at radius 1 is 1.04 bits per heavy atom. The molecule has 0 N–H and O–H groups in total. The summed E-state index contributed by atoms with van der Waals surface area (Å²) in [5.41, 5.74) is -0.00435. The highest BCUT2D eigenvalue weighted by molar-refractivity contribution is 5.36. The van der Waals surface area contributed by atoms with Gasteiger partial charge in [-0.05, 0) is 39.8 Å². The van der Waals surface area contributed by atoms with Crippen molar-refractivity contribution in [2.24, 2.45) is 0 Å². The van der Waals surface area contributed by atoms with Crippen LogP contribution in [0.15, 0.2) is 24.3 Å². The predicted octanol–water partition coefficient (Wildman–Crippen LogP) is 2.37. The molecule has 0 aliphatic carbocycles. The Kier molecular flexibility index (Phi) is 4.39. The largest absolute Gasteiger partial charge is 0.485 e. The minimum absolute atomic E-state index is 0.00435. The topological polar surface area (TPSA) is 98.5 Å². The van der Waals surface area contributed by atoms with Crippen LogP contribution in [0.1, 0.15) is 27.7 Å². The molecule has 9 heteroatoms. The molecule has 1 aromatic carbocycles. The van der Waals surface area contributed by atoms with Crippen LogP contribution in [0.25, 0.3) is 0 Å². The Morgan fingerprint density at radius 2 is 1.74 bits per heavy atom. The number of nitro groups is 1. The van der Waals surface area contributed by atoms with Crippen molar-refractivity contribution in [3.8, 4) is 5.75 Å². The van der Waals surface area contributed by atoms with Crippen LogP contribution in [0.3, 0.4) is 0 Å². The van der Waals surface area contributed by atoms with E-state index in [0.29, 0.717) is 12.4 Å². The van der Waals surface area contributed by atoms with Gasteiger partial charge in [0.05, 0.1) is 11.5 Å². The molecule has 3 aliphatic rings. The first kappa shape index (κ1) is 18.6. The van der Waals surface area contributed by atoms with Gasteiger partial charge in [-0.15, -0.1) is 0 Å². The van der Waals surface area contributed by atoms with Gasteiger partial charge in [0.1, 0.15) is 18.0 Å². The van der Waals surface area contributed by atoms with Crippen molar-refractivity contribution in [2.75, 3.05) is 6.61 Å². The number of fused-ring (bicyclic) bond motifs is 1. The summed E-state index contributed by atoms with van der Waals surface area (Å²) in [5, 5.41) is 10.8. The summed E-state index contributed by atoms with van der Waals surface area (Å²) in [6.07, 6.45) is -2.36. The van der Waals surface area contributed by atoms with Crippen molar-refractivity contribution < 1.29 is 33.3 Å². The summed E-state index contributed by atoms with van der Waals surface area (Å²) >= 11 is 0. The zero-order valence-corrected chi connectivity index (χ0v) is 15.6. The second-order valence-corrected chi connectivity index (χ2v) is 7.77. The highest BCUT2D eigenvalue weighted by atomic mass is 16.8. The standard InChI is InChI=1S/C18H23NO8/c1-17(2)22-9-12(25-17)13-14(15-16(24-13)27-18(3,4)26-15)23-11-7-5-10(6-8-11)19(20)21/h5-8,12-16H,9H2,1-4H3/t12-,13-,14+,15-,16?/m1/s1. The molecule has 0 spiro atoms. The van der Waals surface area contributed by atoms with Gasteiger partial charge in [-0.25, -0.2) is 0 Å². The molecule has 1 unspecified atom stereocenters. The van der Waals surface area contributed by atoms with Gasteiger partial charge in [-0.2, -0.15) is 0 Å². The molecule has 9 nitrogen and oxygen atoms in total. The van der Waals surface area contributed by atoms with Gasteiger partial charge in [0.15, 0.2) is 30.1 Å². The summed E-state index contributed by atoms with van der Waals surface area (Å²) in [5.74, 6) is -1.01. The van der Waals surface area contributed by atoms with Gasteiger partial charge in [-0.3, -0.25) is 10.1 Å². The molecule has 4 rings (SSSR count). The third kappa shape index (κ3) is 3.65. The average Bonchev–Trinajstić information content (AvgIpc) is 3.18. The maximum Gasteiger partial charge on any atom is 0.269 e. The number of hydrogen-bond donors (Lipinski definition) is 0. The molecule has 3 fully saturated rings. The first-order valence-corrected chi connectivity index (χ1v) is 8.88. The van der Waals surface area contributed by atoms with Gasteiger partial charge in [-0.1, -0.05) is 0 Å². The second-order valence-electron chi connectivity index (χ2n) is 7.77. The molecule has 0 aromatic heterocycles. The lowest BCUT2D eigenvalue weighted by Crippen LogP contribution is -2.45. The summed E-state index contributed by atoms with van der Waals surface area (Å²) in [4.78, 5) is 10.4. The Bertz CT molecular complexity index is 719. The molecule has 3 saturated heterocycles. The monoisotopic (exact) mass is 381 g/mol. The van der Waals surface area contributed by atoms with E-state index in [1.807, 2.05) is 27.7 Å². The average molecular weight is 381 g/mol. The quantitative estimate of drug-likeness (QED) is 0.579. The minimum Gasteiger partial charge on any atom is -0.485 e. The van der Waals surface area contributed by atoms with Crippen molar-refractivity contribution in [3.63, 3.8) is 0 Å². The number of rotatable bonds is 4. The van der Waals surface area contributed by atoms with Crippen molar-refractivity contribution in [1.82, 2.24) is 0 Å². The number of nitro benzene ring substituents is 1. The van der Waals surface area contributed by atoms with Crippen molar-refractivity contribution in [3.05, 3.63) is 34.4 Å². The zero-order valence-electron chi connectivity index (χ0n) is 15.6. The molecular formula is C18H23NO8. The molecule has 5 atom stereocenters. The number of benzene rings is 1. The van der Waals surface area contributed by atoms with Crippen LogP contribution < -0.4 is 4.74 Å². The summed E-state index contributed by atoms with van der Waals surface area (Å²) in [7, 11) is 0. The third-order valence-corrected chi connectivity index (χ3v) is 4.74. The minimum atomic E-state index is -0.788. The Balaban J connectivity index is 1.56. The molecule has 0 saturated carbocycles. The molecule has 1 aromatic rings. The van der Waals surface area contributed by atoms with Gasteiger partial charge >= 0.3 is 0 Å². The van der Waals surface area contributed by atoms with Gasteiger partial charge < -0.3 is 28.4 Å². The normalized spacial score (nSPS) is 36.5. The van der Waals surface area contributed by atoms with Crippen molar-refractivity contribution >= 4 is 5.69 Å². The first-order chi connectivity index (χ1) is 12.6. The fourth-order valence-electron chi connectivity index (χ4n) is 3.62. The highest BCUT2D eigenvalue weighted by Crippen LogP contribution is 2.42. The van der Waals surface area contributed by atoms with Crippen molar-refractivity contribution in [2.45, 2.75) is 70.0 Å². The van der Waals surface area contributed by atoms with Gasteiger partial charge in [0.25, 0.3) is 5.69 Å². The molecule has 0 bridgehead atoms. The van der Waals surface area contributed by atoms with E-state index in [0.717, 1.165) is 0 Å². The summed E-state index contributed by atoms with van der Waals surface area (Å²) in [6.45, 7) is 7.66. The van der Waals surface area contributed by atoms with Gasteiger partial charge in [0.2, 0.25) is 0 Å². The molecule has 0 radical (unpaired) electrons. The van der Waals surface area contributed by atoms with E-state index in [9.17, 15) is 10.1 Å². The van der Waals surface area contributed by atoms with Crippen molar-refractivity contribution in [1.29, 1.82) is 0 Å². The summed E-state index contributed by atoms with van der Waals surface area (Å²) in [6, 6.07) is 5.90. The lowest BCUT2D eigenvalue weighted by atomic mass is 10.1. The van der Waals surface area contributed by atoms with E-state index in [1.165, 1.54) is 12.1 Å². The lowest BCUT2D eigenvalue weighted by Gasteiger charge is -2.29. The van der Waals surface area contributed by atoms with Gasteiger partial charge in [0, 0.05) is 12.1 Å².